The van der Waals surface area contributed by atoms with Gasteiger partial charge >= 0.3 is 0 Å². The number of thiophene rings is 1. The van der Waals surface area contributed by atoms with E-state index in [9.17, 15) is 9.59 Å². The summed E-state index contributed by atoms with van der Waals surface area (Å²) in [5, 5.41) is 4.19. The van der Waals surface area contributed by atoms with Gasteiger partial charge in [-0.05, 0) is 55.9 Å². The van der Waals surface area contributed by atoms with E-state index in [1.54, 1.807) is 23.0 Å². The Bertz CT molecular complexity index is 1190. The maximum atomic E-state index is 13.3. The monoisotopic (exact) mass is 487 g/mol. The van der Waals surface area contributed by atoms with Crippen LogP contribution in [-0.2, 0) is 28.9 Å². The summed E-state index contributed by atoms with van der Waals surface area (Å²) in [7, 11) is 1.61. The normalized spacial score (nSPS) is 13.2. The number of aryl methyl sites for hydroxylation is 3. The molecule has 0 radical (unpaired) electrons. The summed E-state index contributed by atoms with van der Waals surface area (Å²) < 4.78 is 12.5. The second-order valence-electron chi connectivity index (χ2n) is 8.04. The molecule has 0 saturated carbocycles. The zero-order chi connectivity index (χ0) is 23.2. The molecule has 1 N–H and O–H groups in total. The average Bonchev–Trinajstić information content (AvgIpc) is 3.18. The number of hydrogen-bond donors (Lipinski definition) is 1. The Hall–Kier alpha value is -2.36. The molecule has 2 heterocycles. The molecule has 33 heavy (non-hydrogen) atoms. The van der Waals surface area contributed by atoms with Gasteiger partial charge in [0.25, 0.3) is 5.56 Å². The molecule has 0 bridgehead atoms. The van der Waals surface area contributed by atoms with E-state index in [4.69, 9.17) is 14.5 Å². The van der Waals surface area contributed by atoms with Crippen LogP contribution in [0.5, 0.6) is 5.75 Å². The molecule has 0 saturated heterocycles. The summed E-state index contributed by atoms with van der Waals surface area (Å²) in [6.07, 6.45) is 4.23. The summed E-state index contributed by atoms with van der Waals surface area (Å²) in [6.45, 7) is 3.64. The number of aromatic nitrogens is 2. The number of nitrogens with zero attached hydrogens (tertiary/aromatic N) is 2. The molecule has 0 fully saturated rings. The molecule has 1 aliphatic rings. The molecule has 0 atom stereocenters. The quantitative estimate of drug-likeness (QED) is 0.267. The van der Waals surface area contributed by atoms with E-state index in [0.29, 0.717) is 31.5 Å². The molecule has 0 spiro atoms. The molecule has 0 unspecified atom stereocenters. The molecule has 7 nitrogen and oxygen atoms in total. The van der Waals surface area contributed by atoms with Crippen molar-refractivity contribution < 1.29 is 14.3 Å². The van der Waals surface area contributed by atoms with Crippen LogP contribution in [0.15, 0.2) is 34.2 Å². The Morgan fingerprint density at radius 2 is 2.12 bits per heavy atom. The Kier molecular flexibility index (Phi) is 8.06. The highest BCUT2D eigenvalue weighted by Crippen LogP contribution is 2.34. The number of thioether (sulfide) groups is 1. The maximum absolute atomic E-state index is 13.3. The van der Waals surface area contributed by atoms with Gasteiger partial charge in [0.15, 0.2) is 5.16 Å². The van der Waals surface area contributed by atoms with Crippen molar-refractivity contribution in [2.45, 2.75) is 44.3 Å². The molecular formula is C24H29N3O4S2. The number of fused-ring (bicyclic) bond motifs is 3. The first-order valence-electron chi connectivity index (χ1n) is 11.2. The van der Waals surface area contributed by atoms with Gasteiger partial charge in [0.1, 0.15) is 17.2 Å². The van der Waals surface area contributed by atoms with Crippen LogP contribution in [0.2, 0.25) is 0 Å². The van der Waals surface area contributed by atoms with Gasteiger partial charge in [0.2, 0.25) is 5.91 Å². The molecule has 3 aromatic rings. The Morgan fingerprint density at radius 3 is 2.94 bits per heavy atom. The van der Waals surface area contributed by atoms with Crippen molar-refractivity contribution in [1.29, 1.82) is 0 Å². The zero-order valence-electron chi connectivity index (χ0n) is 19.0. The molecule has 1 aliphatic carbocycles. The minimum atomic E-state index is -0.119. The third-order valence-corrected chi connectivity index (χ3v) is 7.74. The molecule has 176 valence electrons. The summed E-state index contributed by atoms with van der Waals surface area (Å²) in [5.74, 6) is 0.850. The van der Waals surface area contributed by atoms with E-state index in [1.165, 1.54) is 22.2 Å². The number of methoxy groups -OCH3 is 1. The van der Waals surface area contributed by atoms with Crippen LogP contribution >= 0.6 is 23.1 Å². The predicted octanol–water partition coefficient (Wildman–Crippen LogP) is 3.58. The number of amides is 1. The highest BCUT2D eigenvalue weighted by Gasteiger charge is 2.22. The Labute approximate surface area is 201 Å². The van der Waals surface area contributed by atoms with Crippen molar-refractivity contribution in [2.75, 3.05) is 32.6 Å². The van der Waals surface area contributed by atoms with E-state index < -0.39 is 0 Å². The van der Waals surface area contributed by atoms with Gasteiger partial charge in [-0.2, -0.15) is 0 Å². The molecule has 2 aromatic heterocycles. The highest BCUT2D eigenvalue weighted by molar-refractivity contribution is 7.99. The third kappa shape index (κ3) is 5.77. The van der Waals surface area contributed by atoms with E-state index >= 15 is 0 Å². The van der Waals surface area contributed by atoms with Gasteiger partial charge in [-0.1, -0.05) is 23.9 Å². The van der Waals surface area contributed by atoms with Crippen molar-refractivity contribution in [3.05, 3.63) is 50.6 Å². The minimum absolute atomic E-state index is 0.0223. The fraction of sp³-hybridized carbons (Fsp3) is 0.458. The van der Waals surface area contributed by atoms with Crippen molar-refractivity contribution >= 4 is 39.2 Å². The lowest BCUT2D eigenvalue weighted by molar-refractivity contribution is -0.118. The van der Waals surface area contributed by atoms with Gasteiger partial charge in [0.05, 0.1) is 30.8 Å². The SMILES string of the molecule is COCCn1c(SCC(=O)NCCOc2cccc(C)c2)nc2sc3c(c2c1=O)CCCC3. The van der Waals surface area contributed by atoms with Gasteiger partial charge in [0, 0.05) is 12.0 Å². The second kappa shape index (κ2) is 11.2. The Morgan fingerprint density at radius 1 is 1.27 bits per heavy atom. The molecule has 1 aromatic carbocycles. The van der Waals surface area contributed by atoms with Crippen LogP contribution in [0.25, 0.3) is 10.2 Å². The van der Waals surface area contributed by atoms with E-state index in [-0.39, 0.29) is 17.2 Å². The van der Waals surface area contributed by atoms with Crippen molar-refractivity contribution in [3.63, 3.8) is 0 Å². The highest BCUT2D eigenvalue weighted by atomic mass is 32.2. The van der Waals surface area contributed by atoms with Crippen LogP contribution in [0.3, 0.4) is 0 Å². The summed E-state index contributed by atoms with van der Waals surface area (Å²) in [4.78, 5) is 32.6. The van der Waals surface area contributed by atoms with Crippen LogP contribution in [-0.4, -0.2) is 48.1 Å². The number of benzene rings is 1. The first-order chi connectivity index (χ1) is 16.1. The zero-order valence-corrected chi connectivity index (χ0v) is 20.7. The lowest BCUT2D eigenvalue weighted by Gasteiger charge is -2.13. The van der Waals surface area contributed by atoms with E-state index in [0.717, 1.165) is 47.2 Å². The lowest BCUT2D eigenvalue weighted by Crippen LogP contribution is -2.30. The molecule has 1 amide bonds. The Balaban J connectivity index is 1.40. The molecule has 0 aliphatic heterocycles. The average molecular weight is 488 g/mol. The minimum Gasteiger partial charge on any atom is -0.492 e. The second-order valence-corrected chi connectivity index (χ2v) is 10.1. The maximum Gasteiger partial charge on any atom is 0.263 e. The fourth-order valence-electron chi connectivity index (χ4n) is 3.96. The number of rotatable bonds is 10. The van der Waals surface area contributed by atoms with Gasteiger partial charge in [-0.15, -0.1) is 11.3 Å². The first-order valence-corrected chi connectivity index (χ1v) is 13.0. The first kappa shape index (κ1) is 23.8. The topological polar surface area (TPSA) is 82.4 Å². The molecular weight excluding hydrogens is 458 g/mol. The standard InChI is InChI=1S/C24H29N3O4S2/c1-16-6-5-7-17(14-16)31-12-10-25-20(28)15-32-24-26-22-21(23(29)27(24)11-13-30-2)18-8-3-4-9-19(18)33-22/h5-7,14H,3-4,8-13,15H2,1-2H3,(H,25,28). The van der Waals surface area contributed by atoms with Crippen molar-refractivity contribution in [3.8, 4) is 5.75 Å². The third-order valence-electron chi connectivity index (χ3n) is 5.57. The number of hydrogen-bond acceptors (Lipinski definition) is 7. The van der Waals surface area contributed by atoms with E-state index in [2.05, 4.69) is 5.32 Å². The number of carbonyl (C=O) groups is 1. The van der Waals surface area contributed by atoms with Crippen LogP contribution in [0, 0.1) is 6.92 Å². The van der Waals surface area contributed by atoms with E-state index in [1.807, 2.05) is 31.2 Å². The summed E-state index contributed by atoms with van der Waals surface area (Å²) in [5.41, 5.74) is 2.28. The molecule has 9 heteroatoms. The fourth-order valence-corrected chi connectivity index (χ4v) is 6.11. The van der Waals surface area contributed by atoms with Crippen molar-refractivity contribution in [1.82, 2.24) is 14.9 Å². The van der Waals surface area contributed by atoms with Crippen LogP contribution < -0.4 is 15.6 Å². The van der Waals surface area contributed by atoms with Crippen molar-refractivity contribution in [2.24, 2.45) is 0 Å². The molecule has 4 rings (SSSR count). The number of nitrogens with one attached hydrogen (secondary N) is 1. The number of ether oxygens (including phenoxy) is 2. The smallest absolute Gasteiger partial charge is 0.263 e. The number of carbonyl (C=O) groups excluding carboxylic acids is 1. The summed E-state index contributed by atoms with van der Waals surface area (Å²) in [6, 6.07) is 7.81. The van der Waals surface area contributed by atoms with Gasteiger partial charge in [-0.3, -0.25) is 14.2 Å². The largest absolute Gasteiger partial charge is 0.492 e. The van der Waals surface area contributed by atoms with Crippen LogP contribution in [0.1, 0.15) is 28.8 Å². The summed E-state index contributed by atoms with van der Waals surface area (Å²) >= 11 is 2.91. The lowest BCUT2D eigenvalue weighted by atomic mass is 9.97. The van der Waals surface area contributed by atoms with Gasteiger partial charge in [-0.25, -0.2) is 4.98 Å². The van der Waals surface area contributed by atoms with Gasteiger partial charge < -0.3 is 14.8 Å². The predicted molar refractivity (Wildman–Crippen MR) is 133 cm³/mol. The van der Waals surface area contributed by atoms with Crippen LogP contribution in [0.4, 0.5) is 0 Å².